The van der Waals surface area contributed by atoms with Gasteiger partial charge < -0.3 is 5.73 Å². The second-order valence-electron chi connectivity index (χ2n) is 2.70. The molecule has 0 unspecified atom stereocenters. The van der Waals surface area contributed by atoms with E-state index in [1.807, 2.05) is 0 Å². The molecule has 0 aliphatic rings. The Kier molecular flexibility index (Phi) is 3.32. The van der Waals surface area contributed by atoms with Gasteiger partial charge in [0.05, 0.1) is 12.1 Å². The van der Waals surface area contributed by atoms with Crippen molar-refractivity contribution in [3.8, 4) is 11.8 Å². The molecule has 0 saturated heterocycles. The molecule has 0 aromatic heterocycles. The molecular formula is C10H7F4N. The van der Waals surface area contributed by atoms with Gasteiger partial charge in [0.1, 0.15) is 5.82 Å². The zero-order valence-corrected chi connectivity index (χ0v) is 7.53. The summed E-state index contributed by atoms with van der Waals surface area (Å²) >= 11 is 0. The third-order valence-electron chi connectivity index (χ3n) is 1.61. The van der Waals surface area contributed by atoms with Crippen molar-refractivity contribution < 1.29 is 17.6 Å². The molecule has 1 rings (SSSR count). The first-order chi connectivity index (χ1) is 6.95. The molecule has 0 fully saturated rings. The summed E-state index contributed by atoms with van der Waals surface area (Å²) in [5.41, 5.74) is 3.95. The number of rotatable bonds is 0. The Hall–Kier alpha value is -1.54. The second-order valence-corrected chi connectivity index (χ2v) is 2.70. The van der Waals surface area contributed by atoms with Crippen molar-refractivity contribution in [3.05, 3.63) is 35.1 Å². The van der Waals surface area contributed by atoms with Crippen LogP contribution in [0.15, 0.2) is 18.2 Å². The van der Waals surface area contributed by atoms with Crippen molar-refractivity contribution in [2.75, 3.05) is 6.54 Å². The van der Waals surface area contributed by atoms with Crippen LogP contribution in [0, 0.1) is 17.7 Å². The van der Waals surface area contributed by atoms with Crippen LogP contribution < -0.4 is 5.73 Å². The Labute approximate surface area is 83.9 Å². The molecule has 0 spiro atoms. The van der Waals surface area contributed by atoms with Gasteiger partial charge in [0.15, 0.2) is 0 Å². The van der Waals surface area contributed by atoms with E-state index in [9.17, 15) is 17.6 Å². The standard InChI is InChI=1S/C10H7F4N/c11-9-6-7(2-1-5-15)3-4-8(9)10(12,13)14/h3-4,6H,5,15H2. The summed E-state index contributed by atoms with van der Waals surface area (Å²) in [6, 6.07) is 2.51. The third kappa shape index (κ3) is 2.96. The van der Waals surface area contributed by atoms with Crippen molar-refractivity contribution in [2.45, 2.75) is 6.18 Å². The molecule has 0 aliphatic heterocycles. The lowest BCUT2D eigenvalue weighted by molar-refractivity contribution is -0.140. The molecule has 0 saturated carbocycles. The molecule has 0 aliphatic carbocycles. The van der Waals surface area contributed by atoms with Crippen LogP contribution in [0.2, 0.25) is 0 Å². The Morgan fingerprint density at radius 3 is 2.40 bits per heavy atom. The zero-order valence-electron chi connectivity index (χ0n) is 7.53. The van der Waals surface area contributed by atoms with Gasteiger partial charge >= 0.3 is 6.18 Å². The average molecular weight is 217 g/mol. The van der Waals surface area contributed by atoms with Gasteiger partial charge in [0.25, 0.3) is 0 Å². The van der Waals surface area contributed by atoms with E-state index in [-0.39, 0.29) is 12.1 Å². The first-order valence-electron chi connectivity index (χ1n) is 4.01. The van der Waals surface area contributed by atoms with Gasteiger partial charge in [0, 0.05) is 5.56 Å². The van der Waals surface area contributed by atoms with E-state index >= 15 is 0 Å². The van der Waals surface area contributed by atoms with E-state index in [1.165, 1.54) is 0 Å². The molecule has 1 nitrogen and oxygen atoms in total. The van der Waals surface area contributed by atoms with Crippen LogP contribution in [-0.2, 0) is 6.18 Å². The van der Waals surface area contributed by atoms with Gasteiger partial charge in [-0.2, -0.15) is 13.2 Å². The van der Waals surface area contributed by atoms with E-state index in [0.29, 0.717) is 6.07 Å². The van der Waals surface area contributed by atoms with Gasteiger partial charge in [-0.05, 0) is 18.2 Å². The molecular weight excluding hydrogens is 210 g/mol. The fourth-order valence-electron chi connectivity index (χ4n) is 0.976. The molecule has 1 aromatic rings. The summed E-state index contributed by atoms with van der Waals surface area (Å²) < 4.78 is 49.4. The predicted octanol–water partition coefficient (Wildman–Crippen LogP) is 2.15. The first-order valence-corrected chi connectivity index (χ1v) is 4.01. The van der Waals surface area contributed by atoms with E-state index in [0.717, 1.165) is 12.1 Å². The fourth-order valence-corrected chi connectivity index (χ4v) is 0.976. The predicted molar refractivity (Wildman–Crippen MR) is 47.3 cm³/mol. The molecule has 1 aromatic carbocycles. The smallest absolute Gasteiger partial charge is 0.320 e. The zero-order chi connectivity index (χ0) is 11.5. The normalized spacial score (nSPS) is 10.7. The largest absolute Gasteiger partial charge is 0.419 e. The van der Waals surface area contributed by atoms with Gasteiger partial charge in [0.2, 0.25) is 0 Å². The summed E-state index contributed by atoms with van der Waals surface area (Å²) in [4.78, 5) is 0. The Morgan fingerprint density at radius 1 is 1.27 bits per heavy atom. The number of hydrogen-bond acceptors (Lipinski definition) is 1. The average Bonchev–Trinajstić information content (AvgIpc) is 2.12. The highest BCUT2D eigenvalue weighted by Gasteiger charge is 2.33. The van der Waals surface area contributed by atoms with Gasteiger partial charge in [-0.15, -0.1) is 0 Å². The summed E-state index contributed by atoms with van der Waals surface area (Å²) in [7, 11) is 0. The van der Waals surface area contributed by atoms with E-state index in [4.69, 9.17) is 5.73 Å². The van der Waals surface area contributed by atoms with Crippen LogP contribution in [-0.4, -0.2) is 6.54 Å². The van der Waals surface area contributed by atoms with Gasteiger partial charge in [-0.1, -0.05) is 11.8 Å². The molecule has 0 atom stereocenters. The first kappa shape index (κ1) is 11.5. The van der Waals surface area contributed by atoms with Crippen molar-refractivity contribution >= 4 is 0 Å². The topological polar surface area (TPSA) is 26.0 Å². The van der Waals surface area contributed by atoms with Crippen LogP contribution in [0.5, 0.6) is 0 Å². The number of halogens is 4. The highest BCUT2D eigenvalue weighted by atomic mass is 19.4. The minimum absolute atomic E-state index is 0.0721. The maximum Gasteiger partial charge on any atom is 0.419 e. The maximum absolute atomic E-state index is 13.0. The van der Waals surface area contributed by atoms with Crippen molar-refractivity contribution in [1.29, 1.82) is 0 Å². The van der Waals surface area contributed by atoms with Crippen LogP contribution in [0.3, 0.4) is 0 Å². The fraction of sp³-hybridized carbons (Fsp3) is 0.200. The monoisotopic (exact) mass is 217 g/mol. The highest BCUT2D eigenvalue weighted by molar-refractivity contribution is 5.37. The minimum Gasteiger partial charge on any atom is -0.320 e. The molecule has 0 bridgehead atoms. The summed E-state index contributed by atoms with van der Waals surface area (Å²) in [6.45, 7) is 0.0721. The van der Waals surface area contributed by atoms with Crippen LogP contribution >= 0.6 is 0 Å². The number of alkyl halides is 3. The number of hydrogen-bond donors (Lipinski definition) is 1. The lowest BCUT2D eigenvalue weighted by Crippen LogP contribution is -2.07. The summed E-state index contributed by atoms with van der Waals surface area (Å²) in [5, 5.41) is 0. The quantitative estimate of drug-likeness (QED) is 0.523. The lowest BCUT2D eigenvalue weighted by atomic mass is 10.1. The van der Waals surface area contributed by atoms with Gasteiger partial charge in [-0.3, -0.25) is 0 Å². The Morgan fingerprint density at radius 2 is 1.93 bits per heavy atom. The van der Waals surface area contributed by atoms with Gasteiger partial charge in [-0.25, -0.2) is 4.39 Å². The third-order valence-corrected chi connectivity index (χ3v) is 1.61. The Bertz CT molecular complexity index is 412. The SMILES string of the molecule is NCC#Cc1ccc(C(F)(F)F)c(F)c1. The van der Waals surface area contributed by atoms with Crippen molar-refractivity contribution in [1.82, 2.24) is 0 Å². The Balaban J connectivity index is 3.09. The number of nitrogens with two attached hydrogens (primary N) is 1. The lowest BCUT2D eigenvalue weighted by Gasteiger charge is -2.07. The van der Waals surface area contributed by atoms with Crippen molar-refractivity contribution in [2.24, 2.45) is 5.73 Å². The molecule has 15 heavy (non-hydrogen) atoms. The maximum atomic E-state index is 13.0. The second kappa shape index (κ2) is 4.32. The highest BCUT2D eigenvalue weighted by Crippen LogP contribution is 2.31. The molecule has 0 amide bonds. The summed E-state index contributed by atoms with van der Waals surface area (Å²) in [6.07, 6.45) is -4.68. The molecule has 80 valence electrons. The van der Waals surface area contributed by atoms with Crippen LogP contribution in [0.1, 0.15) is 11.1 Å². The van der Waals surface area contributed by atoms with Crippen LogP contribution in [0.4, 0.5) is 17.6 Å². The molecule has 2 N–H and O–H groups in total. The van der Waals surface area contributed by atoms with Crippen LogP contribution in [0.25, 0.3) is 0 Å². The summed E-state index contributed by atoms with van der Waals surface area (Å²) in [5.74, 6) is 3.53. The molecule has 0 heterocycles. The van der Waals surface area contributed by atoms with E-state index < -0.39 is 17.6 Å². The minimum atomic E-state index is -4.68. The van der Waals surface area contributed by atoms with E-state index in [2.05, 4.69) is 11.8 Å². The van der Waals surface area contributed by atoms with Crippen molar-refractivity contribution in [3.63, 3.8) is 0 Å². The molecule has 0 radical (unpaired) electrons. The molecule has 5 heteroatoms. The number of benzene rings is 1. The van der Waals surface area contributed by atoms with E-state index in [1.54, 1.807) is 0 Å².